The van der Waals surface area contributed by atoms with Gasteiger partial charge in [-0.3, -0.25) is 4.79 Å². The molecule has 1 aromatic rings. The van der Waals surface area contributed by atoms with Crippen molar-refractivity contribution in [2.45, 2.75) is 19.4 Å². The van der Waals surface area contributed by atoms with E-state index in [9.17, 15) is 9.59 Å². The van der Waals surface area contributed by atoms with Crippen LogP contribution in [0.25, 0.3) is 0 Å². The Morgan fingerprint density at radius 1 is 1.39 bits per heavy atom. The molecule has 0 aliphatic carbocycles. The van der Waals surface area contributed by atoms with Crippen molar-refractivity contribution in [2.75, 3.05) is 12.4 Å². The molecule has 0 saturated carbocycles. The molecule has 0 atom stereocenters. The van der Waals surface area contributed by atoms with Gasteiger partial charge in [-0.15, -0.1) is 0 Å². The Labute approximate surface area is 119 Å². The number of halogens is 1. The minimum Gasteiger partial charge on any atom is -0.478 e. The van der Waals surface area contributed by atoms with Crippen molar-refractivity contribution < 1.29 is 19.4 Å². The molecule has 1 rings (SSSR count). The van der Waals surface area contributed by atoms with Crippen molar-refractivity contribution in [1.29, 1.82) is 0 Å². The van der Waals surface area contributed by atoms with Gasteiger partial charge in [-0.2, -0.15) is 0 Å². The Hall–Kier alpha value is -1.15. The van der Waals surface area contributed by atoms with Crippen LogP contribution < -0.4 is 5.32 Å². The fraction of sp³-hybridized carbons (Fsp3) is 0.333. The number of carboxylic acid groups (broad SMARTS) is 1. The second kappa shape index (κ2) is 5.66. The maximum absolute atomic E-state index is 11.9. The molecule has 0 radical (unpaired) electrons. The average Bonchev–Trinajstić information content (AvgIpc) is 2.31. The molecule has 5 nitrogen and oxygen atoms in total. The fourth-order valence-corrected chi connectivity index (χ4v) is 1.66. The van der Waals surface area contributed by atoms with Gasteiger partial charge in [0.15, 0.2) is 0 Å². The van der Waals surface area contributed by atoms with Crippen LogP contribution in [0, 0.1) is 3.57 Å². The van der Waals surface area contributed by atoms with E-state index in [0.29, 0.717) is 0 Å². The topological polar surface area (TPSA) is 75.6 Å². The third-order valence-electron chi connectivity index (χ3n) is 2.52. The highest BCUT2D eigenvalue weighted by Crippen LogP contribution is 2.21. The molecule has 0 saturated heterocycles. The molecule has 0 aliphatic heterocycles. The Morgan fingerprint density at radius 3 is 2.50 bits per heavy atom. The third-order valence-corrected chi connectivity index (χ3v) is 3.19. The zero-order valence-electron chi connectivity index (χ0n) is 10.3. The van der Waals surface area contributed by atoms with Crippen molar-refractivity contribution in [1.82, 2.24) is 0 Å². The van der Waals surface area contributed by atoms with Crippen LogP contribution in [-0.4, -0.2) is 29.7 Å². The van der Waals surface area contributed by atoms with Gasteiger partial charge in [0.1, 0.15) is 5.60 Å². The lowest BCUT2D eigenvalue weighted by Crippen LogP contribution is -2.39. The predicted octanol–water partition coefficient (Wildman–Crippen LogP) is 2.35. The van der Waals surface area contributed by atoms with Gasteiger partial charge in [0.2, 0.25) is 0 Å². The van der Waals surface area contributed by atoms with Crippen molar-refractivity contribution in [3.05, 3.63) is 27.3 Å². The minimum absolute atomic E-state index is 0.0575. The number of ether oxygens (including phenoxy) is 1. The van der Waals surface area contributed by atoms with Gasteiger partial charge in [-0.05, 0) is 54.6 Å². The van der Waals surface area contributed by atoms with Crippen LogP contribution in [0.3, 0.4) is 0 Å². The van der Waals surface area contributed by atoms with E-state index in [0.717, 1.165) is 3.57 Å². The van der Waals surface area contributed by atoms with Crippen molar-refractivity contribution in [2.24, 2.45) is 0 Å². The lowest BCUT2D eigenvalue weighted by atomic mass is 10.1. The number of anilines is 1. The van der Waals surface area contributed by atoms with Gasteiger partial charge >= 0.3 is 5.97 Å². The van der Waals surface area contributed by atoms with Crippen LogP contribution >= 0.6 is 22.6 Å². The first-order valence-electron chi connectivity index (χ1n) is 5.17. The van der Waals surface area contributed by atoms with Crippen molar-refractivity contribution in [3.63, 3.8) is 0 Å². The first kappa shape index (κ1) is 14.9. The molecule has 1 amide bonds. The summed E-state index contributed by atoms with van der Waals surface area (Å²) < 4.78 is 5.82. The zero-order valence-corrected chi connectivity index (χ0v) is 12.4. The summed E-state index contributed by atoms with van der Waals surface area (Å²) in [7, 11) is 1.42. The monoisotopic (exact) mass is 363 g/mol. The molecule has 0 aromatic heterocycles. The van der Waals surface area contributed by atoms with E-state index in [1.807, 2.05) is 22.6 Å². The summed E-state index contributed by atoms with van der Waals surface area (Å²) in [5, 5.41) is 11.6. The molecule has 0 fully saturated rings. The normalized spacial score (nSPS) is 11.1. The van der Waals surface area contributed by atoms with Gasteiger partial charge < -0.3 is 15.2 Å². The maximum atomic E-state index is 11.9. The van der Waals surface area contributed by atoms with Crippen molar-refractivity contribution in [3.8, 4) is 0 Å². The fourth-order valence-electron chi connectivity index (χ4n) is 1.17. The number of benzene rings is 1. The van der Waals surface area contributed by atoms with Gasteiger partial charge in [0.05, 0.1) is 11.3 Å². The summed E-state index contributed by atoms with van der Waals surface area (Å²) in [6, 6.07) is 4.79. The highest BCUT2D eigenvalue weighted by atomic mass is 127. The number of hydrogen-bond donors (Lipinski definition) is 2. The van der Waals surface area contributed by atoms with Crippen LogP contribution in [0.4, 0.5) is 5.69 Å². The number of carbonyl (C=O) groups is 2. The number of carboxylic acids is 1. The van der Waals surface area contributed by atoms with Crippen LogP contribution in [0.5, 0.6) is 0 Å². The number of rotatable bonds is 4. The first-order valence-corrected chi connectivity index (χ1v) is 6.25. The van der Waals surface area contributed by atoms with Gasteiger partial charge in [0.25, 0.3) is 5.91 Å². The summed E-state index contributed by atoms with van der Waals surface area (Å²) in [6.07, 6.45) is 0. The number of hydrogen-bond acceptors (Lipinski definition) is 3. The van der Waals surface area contributed by atoms with Gasteiger partial charge in [-0.25, -0.2) is 4.79 Å². The molecule has 0 unspecified atom stereocenters. The summed E-state index contributed by atoms with van der Waals surface area (Å²) in [6.45, 7) is 3.21. The summed E-state index contributed by atoms with van der Waals surface area (Å²) in [4.78, 5) is 23.0. The van der Waals surface area contributed by atoms with E-state index in [1.54, 1.807) is 26.0 Å². The van der Waals surface area contributed by atoms with Crippen LogP contribution in [-0.2, 0) is 9.53 Å². The number of carbonyl (C=O) groups excluding carboxylic acids is 1. The van der Waals surface area contributed by atoms with Crippen molar-refractivity contribution >= 4 is 40.2 Å². The van der Waals surface area contributed by atoms with E-state index < -0.39 is 17.5 Å². The molecular formula is C12H14INO4. The Morgan fingerprint density at radius 2 is 2.00 bits per heavy atom. The minimum atomic E-state index is -1.08. The average molecular weight is 363 g/mol. The maximum Gasteiger partial charge on any atom is 0.337 e. The Balaban J connectivity index is 3.05. The highest BCUT2D eigenvalue weighted by molar-refractivity contribution is 14.1. The smallest absolute Gasteiger partial charge is 0.337 e. The zero-order chi connectivity index (χ0) is 13.9. The Kier molecular flexibility index (Phi) is 4.69. The van der Waals surface area contributed by atoms with E-state index in [-0.39, 0.29) is 11.3 Å². The lowest BCUT2D eigenvalue weighted by molar-refractivity contribution is -0.133. The van der Waals surface area contributed by atoms with Crippen LogP contribution in [0.15, 0.2) is 18.2 Å². The number of methoxy groups -OCH3 is 1. The second-order valence-electron chi connectivity index (χ2n) is 4.16. The largest absolute Gasteiger partial charge is 0.478 e. The lowest BCUT2D eigenvalue weighted by Gasteiger charge is -2.22. The summed E-state index contributed by atoms with van der Waals surface area (Å²) in [5.74, 6) is -1.48. The third kappa shape index (κ3) is 3.42. The molecule has 2 N–H and O–H groups in total. The molecular weight excluding hydrogens is 349 g/mol. The first-order chi connectivity index (χ1) is 8.27. The number of aromatic carboxylic acids is 1. The van der Waals surface area contributed by atoms with Crippen LogP contribution in [0.2, 0.25) is 0 Å². The summed E-state index contributed by atoms with van der Waals surface area (Å²) in [5.41, 5.74) is -0.695. The SMILES string of the molecule is COC(C)(C)C(=O)Nc1ccc(I)cc1C(=O)O. The van der Waals surface area contributed by atoms with E-state index >= 15 is 0 Å². The quantitative estimate of drug-likeness (QED) is 0.806. The molecule has 0 spiro atoms. The van der Waals surface area contributed by atoms with Gasteiger partial charge in [-0.1, -0.05) is 0 Å². The molecule has 98 valence electrons. The molecule has 1 aromatic carbocycles. The molecule has 18 heavy (non-hydrogen) atoms. The van der Waals surface area contributed by atoms with Gasteiger partial charge in [0, 0.05) is 10.7 Å². The number of nitrogens with one attached hydrogen (secondary N) is 1. The molecule has 0 bridgehead atoms. The standard InChI is InChI=1S/C12H14INO4/c1-12(2,18-3)11(17)14-9-5-4-7(13)6-8(9)10(15)16/h4-6H,1-3H3,(H,14,17)(H,15,16). The van der Waals surface area contributed by atoms with E-state index in [4.69, 9.17) is 9.84 Å². The second-order valence-corrected chi connectivity index (χ2v) is 5.41. The summed E-state index contributed by atoms with van der Waals surface area (Å²) >= 11 is 2.01. The molecule has 0 heterocycles. The highest BCUT2D eigenvalue weighted by Gasteiger charge is 2.28. The predicted molar refractivity (Wildman–Crippen MR) is 75.8 cm³/mol. The van der Waals surface area contributed by atoms with E-state index in [2.05, 4.69) is 5.32 Å². The van der Waals surface area contributed by atoms with Crippen LogP contribution in [0.1, 0.15) is 24.2 Å². The van der Waals surface area contributed by atoms with E-state index in [1.165, 1.54) is 13.2 Å². The molecule has 6 heteroatoms. The molecule has 0 aliphatic rings. The number of amides is 1. The Bertz CT molecular complexity index is 485.